The van der Waals surface area contributed by atoms with Crippen molar-refractivity contribution in [2.75, 3.05) is 46.5 Å². The summed E-state index contributed by atoms with van der Waals surface area (Å²) in [6.07, 6.45) is 6.25. The molecular weight excluding hydrogens is 294 g/mol. The minimum atomic E-state index is -0.552. The molecule has 2 N–H and O–H groups in total. The zero-order valence-electron chi connectivity index (χ0n) is 14.7. The summed E-state index contributed by atoms with van der Waals surface area (Å²) in [5, 5.41) is 13.6. The lowest BCUT2D eigenvalue weighted by atomic mass is 9.80. The summed E-state index contributed by atoms with van der Waals surface area (Å²) < 4.78 is 10.9. The molecule has 1 heterocycles. The molecule has 0 radical (unpaired) electrons. The number of aliphatic hydroxyl groups is 1. The maximum atomic E-state index is 10.2. The highest BCUT2D eigenvalue weighted by Crippen LogP contribution is 2.31. The molecule has 0 aromatic rings. The van der Waals surface area contributed by atoms with Gasteiger partial charge in [-0.2, -0.15) is 0 Å². The molecule has 0 amide bonds. The third kappa shape index (κ3) is 5.94. The molecule has 1 aliphatic heterocycles. The van der Waals surface area contributed by atoms with Crippen molar-refractivity contribution in [3.63, 3.8) is 0 Å². The summed E-state index contributed by atoms with van der Waals surface area (Å²) in [5.41, 5.74) is -0.552. The molecule has 0 bridgehead atoms. The Kier molecular flexibility index (Phi) is 7.59. The van der Waals surface area contributed by atoms with Crippen LogP contribution in [0.2, 0.25) is 0 Å². The van der Waals surface area contributed by atoms with Crippen molar-refractivity contribution in [3.8, 4) is 0 Å². The Bertz CT molecular complexity index is 364. The summed E-state index contributed by atoms with van der Waals surface area (Å²) in [5.74, 6) is 0.936. The van der Waals surface area contributed by atoms with Crippen LogP contribution in [-0.2, 0) is 9.47 Å². The lowest BCUT2D eigenvalue weighted by Crippen LogP contribution is -2.48. The number of hydrogen-bond acceptors (Lipinski definition) is 4. The number of nitrogens with one attached hydrogen (secondary N) is 1. The van der Waals surface area contributed by atoms with E-state index in [1.165, 1.54) is 0 Å². The third-order valence-corrected chi connectivity index (χ3v) is 4.73. The van der Waals surface area contributed by atoms with E-state index in [2.05, 4.69) is 22.1 Å². The average Bonchev–Trinajstić information content (AvgIpc) is 2.54. The monoisotopic (exact) mass is 327 g/mol. The van der Waals surface area contributed by atoms with E-state index < -0.39 is 5.60 Å². The first kappa shape index (κ1) is 18.5. The summed E-state index contributed by atoms with van der Waals surface area (Å²) in [6, 6.07) is 0. The number of aliphatic imine (C=N–C) groups is 1. The fourth-order valence-electron chi connectivity index (χ4n) is 3.08. The Hall–Kier alpha value is -0.850. The molecule has 6 nitrogen and oxygen atoms in total. The van der Waals surface area contributed by atoms with Crippen LogP contribution < -0.4 is 5.32 Å². The highest BCUT2D eigenvalue weighted by Gasteiger charge is 2.34. The second-order valence-corrected chi connectivity index (χ2v) is 6.65. The minimum Gasteiger partial charge on any atom is -0.388 e. The number of ether oxygens (including phenoxy) is 2. The number of nitrogens with zero attached hydrogens (tertiary/aromatic N) is 2. The molecule has 0 atom stereocenters. The van der Waals surface area contributed by atoms with Crippen LogP contribution in [0.1, 0.15) is 45.4 Å². The van der Waals surface area contributed by atoms with E-state index in [0.29, 0.717) is 12.6 Å². The molecule has 2 rings (SSSR count). The zero-order chi connectivity index (χ0) is 16.5. The van der Waals surface area contributed by atoms with Gasteiger partial charge in [-0.1, -0.05) is 0 Å². The van der Waals surface area contributed by atoms with E-state index in [4.69, 9.17) is 9.47 Å². The normalized spacial score (nSPS) is 22.0. The highest BCUT2D eigenvalue weighted by molar-refractivity contribution is 5.80. The van der Waals surface area contributed by atoms with E-state index in [-0.39, 0.29) is 0 Å². The predicted octanol–water partition coefficient (Wildman–Crippen LogP) is 1.38. The topological polar surface area (TPSA) is 66.3 Å². The van der Waals surface area contributed by atoms with Crippen LogP contribution in [0, 0.1) is 0 Å². The molecule has 6 heteroatoms. The van der Waals surface area contributed by atoms with Crippen LogP contribution in [0.4, 0.5) is 0 Å². The van der Waals surface area contributed by atoms with Gasteiger partial charge < -0.3 is 24.8 Å². The number of hydrogen-bond donors (Lipinski definition) is 2. The Balaban J connectivity index is 1.74. The zero-order valence-corrected chi connectivity index (χ0v) is 14.7. The van der Waals surface area contributed by atoms with Crippen molar-refractivity contribution >= 4 is 5.96 Å². The standard InChI is InChI=1S/C17H33N3O3/c1-3-18-16(19-14-17(21)8-4-9-17)20-10-6-15(7-11-20)23-13-5-12-22-2/h15,21H,3-14H2,1-2H3,(H,18,19). The predicted molar refractivity (Wildman–Crippen MR) is 91.8 cm³/mol. The van der Waals surface area contributed by atoms with Crippen molar-refractivity contribution < 1.29 is 14.6 Å². The quantitative estimate of drug-likeness (QED) is 0.401. The average molecular weight is 327 g/mol. The molecule has 23 heavy (non-hydrogen) atoms. The Morgan fingerprint density at radius 1 is 1.30 bits per heavy atom. The third-order valence-electron chi connectivity index (χ3n) is 4.73. The molecule has 0 unspecified atom stereocenters. The van der Waals surface area contributed by atoms with Crippen LogP contribution >= 0.6 is 0 Å². The van der Waals surface area contributed by atoms with Gasteiger partial charge in [-0.05, 0) is 45.4 Å². The lowest BCUT2D eigenvalue weighted by Gasteiger charge is -2.37. The van der Waals surface area contributed by atoms with E-state index in [1.54, 1.807) is 7.11 Å². The number of methoxy groups -OCH3 is 1. The van der Waals surface area contributed by atoms with Crippen molar-refractivity contribution in [1.82, 2.24) is 10.2 Å². The van der Waals surface area contributed by atoms with Crippen LogP contribution in [0.5, 0.6) is 0 Å². The molecule has 0 aromatic heterocycles. The summed E-state index contributed by atoms with van der Waals surface area (Å²) in [7, 11) is 1.72. The highest BCUT2D eigenvalue weighted by atomic mass is 16.5. The first-order chi connectivity index (χ1) is 11.2. The van der Waals surface area contributed by atoms with Gasteiger partial charge >= 0.3 is 0 Å². The van der Waals surface area contributed by atoms with Crippen molar-refractivity contribution in [3.05, 3.63) is 0 Å². The minimum absolute atomic E-state index is 0.349. The number of piperidine rings is 1. The van der Waals surface area contributed by atoms with Gasteiger partial charge in [0.15, 0.2) is 5.96 Å². The van der Waals surface area contributed by atoms with Crippen molar-refractivity contribution in [2.24, 2.45) is 4.99 Å². The maximum absolute atomic E-state index is 10.2. The Labute approximate surface area is 140 Å². The maximum Gasteiger partial charge on any atom is 0.194 e. The molecule has 1 saturated carbocycles. The first-order valence-corrected chi connectivity index (χ1v) is 9.03. The number of guanidine groups is 1. The van der Waals surface area contributed by atoms with Gasteiger partial charge in [-0.3, -0.25) is 4.99 Å². The molecule has 2 fully saturated rings. The lowest BCUT2D eigenvalue weighted by molar-refractivity contribution is -0.0240. The molecule has 0 spiro atoms. The van der Waals surface area contributed by atoms with Crippen LogP contribution in [0.3, 0.4) is 0 Å². The summed E-state index contributed by atoms with van der Waals surface area (Å²) in [6.45, 7) is 6.91. The van der Waals surface area contributed by atoms with Gasteiger partial charge in [-0.15, -0.1) is 0 Å². The van der Waals surface area contributed by atoms with E-state index in [0.717, 1.165) is 77.3 Å². The SMILES string of the molecule is CCNC(=NCC1(O)CCC1)N1CCC(OCCCOC)CC1. The summed E-state index contributed by atoms with van der Waals surface area (Å²) in [4.78, 5) is 6.96. The van der Waals surface area contributed by atoms with Gasteiger partial charge in [0, 0.05) is 40.0 Å². The van der Waals surface area contributed by atoms with Crippen molar-refractivity contribution in [2.45, 2.75) is 57.2 Å². The Morgan fingerprint density at radius 3 is 2.61 bits per heavy atom. The molecule has 2 aliphatic rings. The van der Waals surface area contributed by atoms with Gasteiger partial charge in [0.1, 0.15) is 0 Å². The largest absolute Gasteiger partial charge is 0.388 e. The van der Waals surface area contributed by atoms with Gasteiger partial charge in [0.25, 0.3) is 0 Å². The van der Waals surface area contributed by atoms with Crippen LogP contribution in [0.25, 0.3) is 0 Å². The second kappa shape index (κ2) is 9.45. The molecule has 1 saturated heterocycles. The van der Waals surface area contributed by atoms with Gasteiger partial charge in [0.05, 0.1) is 18.2 Å². The summed E-state index contributed by atoms with van der Waals surface area (Å²) >= 11 is 0. The van der Waals surface area contributed by atoms with Crippen LogP contribution in [0.15, 0.2) is 4.99 Å². The molecule has 134 valence electrons. The van der Waals surface area contributed by atoms with Gasteiger partial charge in [-0.25, -0.2) is 0 Å². The van der Waals surface area contributed by atoms with E-state index in [1.807, 2.05) is 0 Å². The fourth-order valence-corrected chi connectivity index (χ4v) is 3.08. The molecule has 1 aliphatic carbocycles. The van der Waals surface area contributed by atoms with Crippen molar-refractivity contribution in [1.29, 1.82) is 0 Å². The fraction of sp³-hybridized carbons (Fsp3) is 0.941. The van der Waals surface area contributed by atoms with Crippen LogP contribution in [-0.4, -0.2) is 74.2 Å². The first-order valence-electron chi connectivity index (χ1n) is 9.03. The molecular formula is C17H33N3O3. The smallest absolute Gasteiger partial charge is 0.194 e. The number of likely N-dealkylation sites (tertiary alicyclic amines) is 1. The molecule has 0 aromatic carbocycles. The Morgan fingerprint density at radius 2 is 2.04 bits per heavy atom. The van der Waals surface area contributed by atoms with Gasteiger partial charge in [0.2, 0.25) is 0 Å². The van der Waals surface area contributed by atoms with E-state index >= 15 is 0 Å². The second-order valence-electron chi connectivity index (χ2n) is 6.65. The van der Waals surface area contributed by atoms with E-state index in [9.17, 15) is 5.11 Å². The number of rotatable bonds is 8.